The summed E-state index contributed by atoms with van der Waals surface area (Å²) in [4.78, 5) is 24.7. The van der Waals surface area contributed by atoms with E-state index in [0.717, 1.165) is 35.5 Å². The fourth-order valence-corrected chi connectivity index (χ4v) is 5.31. The zero-order valence-corrected chi connectivity index (χ0v) is 18.8. The molecule has 1 atom stereocenters. The predicted molar refractivity (Wildman–Crippen MR) is 118 cm³/mol. The summed E-state index contributed by atoms with van der Waals surface area (Å²) >= 11 is 0. The van der Waals surface area contributed by atoms with Gasteiger partial charge in [-0.1, -0.05) is 19.4 Å². The highest BCUT2D eigenvalue weighted by Gasteiger charge is 2.65. The molecule has 184 valence electrons. The smallest absolute Gasteiger partial charge is 0.310 e. The third-order valence-electron chi connectivity index (χ3n) is 6.53. The lowest BCUT2D eigenvalue weighted by molar-refractivity contribution is 0.0713. The van der Waals surface area contributed by atoms with Crippen LogP contribution in [0.5, 0.6) is 0 Å². The number of halogens is 5. The van der Waals surface area contributed by atoms with Crippen molar-refractivity contribution in [1.29, 1.82) is 0 Å². The van der Waals surface area contributed by atoms with Crippen molar-refractivity contribution in [3.8, 4) is 0 Å². The van der Waals surface area contributed by atoms with E-state index in [9.17, 15) is 24.2 Å². The van der Waals surface area contributed by atoms with Gasteiger partial charge in [0.1, 0.15) is 10.7 Å². The molecule has 1 N–H and O–H groups in total. The highest BCUT2D eigenvalue weighted by molar-refractivity contribution is 8.45. The van der Waals surface area contributed by atoms with E-state index >= 15 is 0 Å². The number of aromatic nitrogens is 3. The van der Waals surface area contributed by atoms with Crippen LogP contribution in [0.2, 0.25) is 0 Å². The second-order valence-electron chi connectivity index (χ2n) is 8.84. The van der Waals surface area contributed by atoms with E-state index in [2.05, 4.69) is 15.0 Å². The Morgan fingerprint density at radius 2 is 1.71 bits per heavy atom. The monoisotopic (exact) mass is 502 g/mol. The first-order valence-corrected chi connectivity index (χ1v) is 12.9. The van der Waals surface area contributed by atoms with Gasteiger partial charge in [0, 0.05) is 37.4 Å². The molecule has 34 heavy (non-hydrogen) atoms. The van der Waals surface area contributed by atoms with Crippen LogP contribution in [0, 0.1) is 0 Å². The lowest BCUT2D eigenvalue weighted by Gasteiger charge is -2.40. The first-order valence-electron chi connectivity index (χ1n) is 10.9. The van der Waals surface area contributed by atoms with Crippen LogP contribution in [0.15, 0.2) is 41.4 Å². The molecular formula is C22H23F5N4O2S. The number of amides is 1. The summed E-state index contributed by atoms with van der Waals surface area (Å²) in [7, 11) is -9.76. The van der Waals surface area contributed by atoms with Crippen LogP contribution in [0.4, 0.5) is 19.4 Å². The first kappa shape index (κ1) is 23.0. The summed E-state index contributed by atoms with van der Waals surface area (Å²) in [5.74, 6) is 0.748. The summed E-state index contributed by atoms with van der Waals surface area (Å²) in [6.45, 7) is 2.12. The zero-order chi connectivity index (χ0) is 24.2. The highest BCUT2D eigenvalue weighted by atomic mass is 32.5. The van der Waals surface area contributed by atoms with Gasteiger partial charge in [-0.15, -0.1) is 0 Å². The number of fused-ring (bicyclic) bond motifs is 1. The molecule has 1 unspecified atom stereocenters. The Morgan fingerprint density at radius 1 is 1.00 bits per heavy atom. The number of likely N-dealkylation sites (tertiary alicyclic amines) is 1. The molecule has 2 aromatic heterocycles. The third kappa shape index (κ3) is 4.48. The van der Waals surface area contributed by atoms with Gasteiger partial charge in [0.25, 0.3) is 5.91 Å². The molecule has 12 heteroatoms. The fraction of sp³-hybridized carbons (Fsp3) is 0.409. The van der Waals surface area contributed by atoms with E-state index in [0.29, 0.717) is 44.8 Å². The molecule has 5 rings (SSSR count). The van der Waals surface area contributed by atoms with E-state index < -0.39 is 21.0 Å². The largest absolute Gasteiger partial charge is 0.381 e. The van der Waals surface area contributed by atoms with Crippen LogP contribution in [-0.4, -0.2) is 52.1 Å². The number of imidazole rings is 1. The van der Waals surface area contributed by atoms with Gasteiger partial charge < -0.3 is 14.6 Å². The van der Waals surface area contributed by atoms with Crippen molar-refractivity contribution in [3.05, 3.63) is 53.5 Å². The number of nitrogens with one attached hydrogen (secondary N) is 1. The SMILES string of the molecule is O=C(c1ccc(S(F)(F)(F)(F)F)cc1)N1CCC(c2ccnc3nc(C4CCOC4)[nH]c23)CC1. The Balaban J connectivity index is 1.29. The van der Waals surface area contributed by atoms with Gasteiger partial charge >= 0.3 is 10.2 Å². The van der Waals surface area contributed by atoms with Crippen LogP contribution in [0.1, 0.15) is 52.8 Å². The van der Waals surface area contributed by atoms with Gasteiger partial charge in [-0.2, -0.15) is 0 Å². The minimum Gasteiger partial charge on any atom is -0.381 e. The van der Waals surface area contributed by atoms with Gasteiger partial charge in [-0.25, -0.2) is 9.97 Å². The number of hydrogen-bond donors (Lipinski definition) is 1. The third-order valence-corrected chi connectivity index (χ3v) is 7.69. The average molecular weight is 503 g/mol. The van der Waals surface area contributed by atoms with Gasteiger partial charge in [0.05, 0.1) is 12.1 Å². The molecule has 0 saturated carbocycles. The Morgan fingerprint density at radius 3 is 2.32 bits per heavy atom. The van der Waals surface area contributed by atoms with Crippen LogP contribution in [-0.2, 0) is 4.74 Å². The van der Waals surface area contributed by atoms with Gasteiger partial charge in [0.2, 0.25) is 0 Å². The molecule has 0 bridgehead atoms. The lowest BCUT2D eigenvalue weighted by atomic mass is 9.89. The molecule has 2 aliphatic rings. The van der Waals surface area contributed by atoms with Gasteiger partial charge in [-0.3, -0.25) is 4.79 Å². The summed E-state index contributed by atoms with van der Waals surface area (Å²) in [6, 6.07) is 4.12. The molecule has 2 aliphatic heterocycles. The maximum absolute atomic E-state index is 12.9. The number of hydrogen-bond acceptors (Lipinski definition) is 4. The fourth-order valence-electron chi connectivity index (χ4n) is 4.66. The maximum Gasteiger partial charge on any atom is 0.310 e. The molecule has 2 fully saturated rings. The molecule has 4 heterocycles. The first-order chi connectivity index (χ1) is 15.9. The van der Waals surface area contributed by atoms with E-state index in [-0.39, 0.29) is 29.5 Å². The van der Waals surface area contributed by atoms with Crippen LogP contribution in [0.3, 0.4) is 0 Å². The Labute approximate surface area is 192 Å². The van der Waals surface area contributed by atoms with Gasteiger partial charge in [-0.05, 0) is 61.1 Å². The minimum atomic E-state index is -9.76. The standard InChI is InChI=1S/C22H23F5N4O2S/c23-34(24,25,26,27)17-3-1-15(2-4-17)22(32)31-10-6-14(7-11-31)18-5-9-28-21-19(18)29-20(30-21)16-8-12-33-13-16/h1-5,9,14,16H,6-8,10-13H2,(H,28,29,30). The number of piperidine rings is 1. The second kappa shape index (κ2) is 7.38. The molecular weight excluding hydrogens is 479 g/mol. The van der Waals surface area contributed by atoms with Crippen LogP contribution >= 0.6 is 10.2 Å². The number of pyridine rings is 1. The number of rotatable bonds is 4. The minimum absolute atomic E-state index is 0.0488. The number of aromatic amines is 1. The molecule has 1 amide bonds. The van der Waals surface area contributed by atoms with Crippen molar-refractivity contribution >= 4 is 27.3 Å². The Bertz CT molecular complexity index is 1230. The number of carbonyl (C=O) groups excluding carboxylic acids is 1. The molecule has 3 aromatic rings. The molecule has 0 spiro atoms. The summed E-state index contributed by atoms with van der Waals surface area (Å²) in [5, 5.41) is 0. The number of nitrogens with zero attached hydrogens (tertiary/aromatic N) is 3. The van der Waals surface area contributed by atoms with Crippen molar-refractivity contribution in [2.75, 3.05) is 26.3 Å². The number of H-pyrrole nitrogens is 1. The van der Waals surface area contributed by atoms with Crippen LogP contribution in [0.25, 0.3) is 11.2 Å². The molecule has 6 nitrogen and oxygen atoms in total. The zero-order valence-electron chi connectivity index (χ0n) is 18.0. The summed E-state index contributed by atoms with van der Waals surface area (Å²) in [5.41, 5.74) is 2.53. The molecule has 2 saturated heterocycles. The van der Waals surface area contributed by atoms with E-state index in [1.54, 1.807) is 6.20 Å². The van der Waals surface area contributed by atoms with E-state index in [1.165, 1.54) is 4.90 Å². The van der Waals surface area contributed by atoms with Gasteiger partial charge in [0.15, 0.2) is 5.65 Å². The van der Waals surface area contributed by atoms with Crippen molar-refractivity contribution in [1.82, 2.24) is 19.9 Å². The van der Waals surface area contributed by atoms with Crippen molar-refractivity contribution < 1.29 is 29.0 Å². The second-order valence-corrected chi connectivity index (χ2v) is 11.3. The number of carbonyl (C=O) groups is 1. The number of ether oxygens (including phenoxy) is 1. The quantitative estimate of drug-likeness (QED) is 0.435. The van der Waals surface area contributed by atoms with Crippen LogP contribution < -0.4 is 0 Å². The summed E-state index contributed by atoms with van der Waals surface area (Å²) in [6.07, 6.45) is 3.91. The highest BCUT2D eigenvalue weighted by Crippen LogP contribution is 3.02. The lowest BCUT2D eigenvalue weighted by Crippen LogP contribution is -2.38. The maximum atomic E-state index is 12.9. The Hall–Kier alpha value is -2.73. The average Bonchev–Trinajstić information content (AvgIpc) is 3.47. The number of benzene rings is 1. The van der Waals surface area contributed by atoms with Crippen molar-refractivity contribution in [2.45, 2.75) is 36.0 Å². The predicted octanol–water partition coefficient (Wildman–Crippen LogP) is 6.14. The Kier molecular flexibility index (Phi) is 5.00. The molecule has 0 aliphatic carbocycles. The van der Waals surface area contributed by atoms with E-state index in [1.807, 2.05) is 6.07 Å². The summed E-state index contributed by atoms with van der Waals surface area (Å²) < 4.78 is 70.1. The van der Waals surface area contributed by atoms with E-state index in [4.69, 9.17) is 4.74 Å². The van der Waals surface area contributed by atoms with Crippen molar-refractivity contribution in [2.24, 2.45) is 0 Å². The topological polar surface area (TPSA) is 71.1 Å². The van der Waals surface area contributed by atoms with Crippen molar-refractivity contribution in [3.63, 3.8) is 0 Å². The molecule has 1 aromatic carbocycles. The normalized spacial score (nSPS) is 22.0. The molecule has 0 radical (unpaired) electrons.